The highest BCUT2D eigenvalue weighted by atomic mass is 16.6. The average Bonchev–Trinajstić information content (AvgIpc) is 2.62. The van der Waals surface area contributed by atoms with Gasteiger partial charge in [-0.2, -0.15) is 0 Å². The molecule has 0 aromatic heterocycles. The van der Waals surface area contributed by atoms with E-state index in [0.29, 0.717) is 13.2 Å². The molecule has 0 aliphatic carbocycles. The molecule has 3 rings (SSSR count). The Morgan fingerprint density at radius 1 is 0.708 bits per heavy atom. The predicted octanol–water partition coefficient (Wildman–Crippen LogP) is 2.91. The van der Waals surface area contributed by atoms with Crippen molar-refractivity contribution in [2.24, 2.45) is 0 Å². The van der Waals surface area contributed by atoms with E-state index in [9.17, 15) is 9.59 Å². The van der Waals surface area contributed by atoms with Crippen molar-refractivity contribution >= 4 is 11.9 Å². The molecule has 0 saturated carbocycles. The molecule has 2 aromatic carbocycles. The molecule has 2 N–H and O–H groups in total. The normalized spacial score (nSPS) is 20.5. The first-order valence-electron chi connectivity index (χ1n) is 7.46. The van der Waals surface area contributed by atoms with Crippen molar-refractivity contribution in [3.63, 3.8) is 0 Å². The largest absolute Gasteiger partial charge is 0.478 e. The maximum atomic E-state index is 11.0. The van der Waals surface area contributed by atoms with Crippen LogP contribution in [0.25, 0.3) is 0 Å². The van der Waals surface area contributed by atoms with Gasteiger partial charge in [0, 0.05) is 0 Å². The standard InChI is InChI=1S/C18H16O6/c19-17(20)13-5-1-11(2-6-13)15-16(24-10-9-23-15)12-3-7-14(8-4-12)18(21)22/h1-8,15-16H,9-10H2,(H,19,20)(H,21,22)/t15-,16-/m0/s1. The second kappa shape index (κ2) is 6.82. The first kappa shape index (κ1) is 16.2. The zero-order valence-electron chi connectivity index (χ0n) is 12.7. The molecule has 0 unspecified atom stereocenters. The summed E-state index contributed by atoms with van der Waals surface area (Å²) in [6.07, 6.45) is -0.755. The van der Waals surface area contributed by atoms with Gasteiger partial charge in [0.1, 0.15) is 12.2 Å². The second-order valence-corrected chi connectivity index (χ2v) is 5.44. The van der Waals surface area contributed by atoms with Gasteiger partial charge in [-0.25, -0.2) is 9.59 Å². The Balaban J connectivity index is 1.87. The van der Waals surface area contributed by atoms with Gasteiger partial charge < -0.3 is 19.7 Å². The minimum atomic E-state index is -0.983. The van der Waals surface area contributed by atoms with Gasteiger partial charge in [0.25, 0.3) is 0 Å². The van der Waals surface area contributed by atoms with Crippen molar-refractivity contribution in [2.75, 3.05) is 13.2 Å². The van der Waals surface area contributed by atoms with Gasteiger partial charge in [0.05, 0.1) is 24.3 Å². The number of carbonyl (C=O) groups is 2. The molecule has 0 amide bonds. The number of hydrogen-bond acceptors (Lipinski definition) is 4. The average molecular weight is 328 g/mol. The molecule has 2 aromatic rings. The highest BCUT2D eigenvalue weighted by Crippen LogP contribution is 2.37. The molecule has 1 heterocycles. The third-order valence-electron chi connectivity index (χ3n) is 3.93. The molecule has 124 valence electrons. The molecule has 1 saturated heterocycles. The maximum absolute atomic E-state index is 11.0. The maximum Gasteiger partial charge on any atom is 0.335 e. The molecule has 0 bridgehead atoms. The highest BCUT2D eigenvalue weighted by molar-refractivity contribution is 5.88. The van der Waals surface area contributed by atoms with Crippen LogP contribution in [0.15, 0.2) is 48.5 Å². The van der Waals surface area contributed by atoms with Gasteiger partial charge in [0.15, 0.2) is 0 Å². The summed E-state index contributed by atoms with van der Waals surface area (Å²) in [5.41, 5.74) is 2.04. The van der Waals surface area contributed by atoms with E-state index < -0.39 is 11.9 Å². The van der Waals surface area contributed by atoms with Gasteiger partial charge in [-0.1, -0.05) is 24.3 Å². The van der Waals surface area contributed by atoms with Crippen molar-refractivity contribution in [3.05, 3.63) is 70.8 Å². The van der Waals surface area contributed by atoms with Crippen LogP contribution in [-0.2, 0) is 9.47 Å². The van der Waals surface area contributed by atoms with Crippen LogP contribution in [-0.4, -0.2) is 35.4 Å². The Labute approximate surface area is 138 Å². The van der Waals surface area contributed by atoms with E-state index in [1.165, 1.54) is 24.3 Å². The fraction of sp³-hybridized carbons (Fsp3) is 0.222. The molecule has 1 aliphatic rings. The number of ether oxygens (including phenoxy) is 2. The second-order valence-electron chi connectivity index (χ2n) is 5.44. The van der Waals surface area contributed by atoms with Gasteiger partial charge in [0.2, 0.25) is 0 Å². The van der Waals surface area contributed by atoms with Crippen LogP contribution in [0.1, 0.15) is 44.1 Å². The van der Waals surface area contributed by atoms with Crippen molar-refractivity contribution in [1.82, 2.24) is 0 Å². The molecular weight excluding hydrogens is 312 g/mol. The molecule has 0 spiro atoms. The molecule has 1 fully saturated rings. The lowest BCUT2D eigenvalue weighted by Crippen LogP contribution is -2.26. The van der Waals surface area contributed by atoms with Crippen LogP contribution >= 0.6 is 0 Å². The topological polar surface area (TPSA) is 93.1 Å². The summed E-state index contributed by atoms with van der Waals surface area (Å²) in [4.78, 5) is 21.9. The predicted molar refractivity (Wildman–Crippen MR) is 84.2 cm³/mol. The smallest absolute Gasteiger partial charge is 0.335 e. The Bertz CT molecular complexity index is 670. The Hall–Kier alpha value is -2.70. The zero-order chi connectivity index (χ0) is 17.1. The van der Waals surface area contributed by atoms with E-state index in [1.54, 1.807) is 24.3 Å². The quantitative estimate of drug-likeness (QED) is 0.896. The monoisotopic (exact) mass is 328 g/mol. The molecule has 6 nitrogen and oxygen atoms in total. The van der Waals surface area contributed by atoms with Crippen molar-refractivity contribution in [3.8, 4) is 0 Å². The van der Waals surface area contributed by atoms with E-state index in [2.05, 4.69) is 0 Å². The van der Waals surface area contributed by atoms with Gasteiger partial charge in [-0.05, 0) is 35.4 Å². The molecular formula is C18H16O6. The fourth-order valence-corrected chi connectivity index (χ4v) is 2.70. The van der Waals surface area contributed by atoms with Gasteiger partial charge in [-0.3, -0.25) is 0 Å². The summed E-state index contributed by atoms with van der Waals surface area (Å²) in [5.74, 6) is -1.97. The summed E-state index contributed by atoms with van der Waals surface area (Å²) in [6, 6.07) is 13.0. The number of aromatic carboxylic acids is 2. The van der Waals surface area contributed by atoms with E-state index in [0.717, 1.165) is 11.1 Å². The van der Waals surface area contributed by atoms with Crippen molar-refractivity contribution in [1.29, 1.82) is 0 Å². The number of benzene rings is 2. The van der Waals surface area contributed by atoms with E-state index >= 15 is 0 Å². The Morgan fingerprint density at radius 2 is 1.04 bits per heavy atom. The third kappa shape index (κ3) is 3.29. The van der Waals surface area contributed by atoms with Crippen molar-refractivity contribution in [2.45, 2.75) is 12.2 Å². The summed E-state index contributed by atoms with van der Waals surface area (Å²) in [7, 11) is 0. The van der Waals surface area contributed by atoms with Crippen LogP contribution in [0.2, 0.25) is 0 Å². The Morgan fingerprint density at radius 3 is 1.33 bits per heavy atom. The minimum absolute atomic E-state index is 0.206. The SMILES string of the molecule is O=C(O)c1ccc([C@@H]2OCCO[C@H]2c2ccc(C(=O)O)cc2)cc1. The van der Waals surface area contributed by atoms with Gasteiger partial charge >= 0.3 is 11.9 Å². The van der Waals surface area contributed by atoms with Crippen molar-refractivity contribution < 1.29 is 29.3 Å². The van der Waals surface area contributed by atoms with E-state index in [-0.39, 0.29) is 23.3 Å². The lowest BCUT2D eigenvalue weighted by atomic mass is 9.96. The molecule has 2 atom stereocenters. The first-order chi connectivity index (χ1) is 11.6. The fourth-order valence-electron chi connectivity index (χ4n) is 2.70. The lowest BCUT2D eigenvalue weighted by molar-refractivity contribution is -0.145. The van der Waals surface area contributed by atoms with Crippen LogP contribution in [0, 0.1) is 0 Å². The zero-order valence-corrected chi connectivity index (χ0v) is 12.7. The van der Waals surface area contributed by atoms with Crippen LogP contribution in [0.5, 0.6) is 0 Å². The third-order valence-corrected chi connectivity index (χ3v) is 3.93. The summed E-state index contributed by atoms with van der Waals surface area (Å²) >= 11 is 0. The van der Waals surface area contributed by atoms with Crippen LogP contribution < -0.4 is 0 Å². The molecule has 1 aliphatic heterocycles. The number of carboxylic acid groups (broad SMARTS) is 2. The van der Waals surface area contributed by atoms with E-state index in [1.807, 2.05) is 0 Å². The first-order valence-corrected chi connectivity index (χ1v) is 7.46. The molecule has 0 radical (unpaired) electrons. The number of carboxylic acids is 2. The Kier molecular flexibility index (Phi) is 4.59. The number of hydrogen-bond donors (Lipinski definition) is 2. The minimum Gasteiger partial charge on any atom is -0.478 e. The highest BCUT2D eigenvalue weighted by Gasteiger charge is 2.30. The number of rotatable bonds is 4. The molecule has 6 heteroatoms. The van der Waals surface area contributed by atoms with Gasteiger partial charge in [-0.15, -0.1) is 0 Å². The van der Waals surface area contributed by atoms with E-state index in [4.69, 9.17) is 19.7 Å². The summed E-state index contributed by atoms with van der Waals surface area (Å²) in [5, 5.41) is 18.0. The summed E-state index contributed by atoms with van der Waals surface area (Å²) in [6.45, 7) is 0.879. The molecule has 24 heavy (non-hydrogen) atoms. The van der Waals surface area contributed by atoms with Crippen LogP contribution in [0.3, 0.4) is 0 Å². The van der Waals surface area contributed by atoms with Crippen LogP contribution in [0.4, 0.5) is 0 Å². The summed E-state index contributed by atoms with van der Waals surface area (Å²) < 4.78 is 11.6. The lowest BCUT2D eigenvalue weighted by Gasteiger charge is -2.32.